The van der Waals surface area contributed by atoms with Crippen LogP contribution in [-0.4, -0.2) is 55.0 Å². The monoisotopic (exact) mass is 467 g/mol. The highest BCUT2D eigenvalue weighted by molar-refractivity contribution is 7.89. The van der Waals surface area contributed by atoms with E-state index in [9.17, 15) is 22.8 Å². The minimum Gasteiger partial charge on any atom is -0.322 e. The largest absolute Gasteiger partial charge is 0.322 e. The molecule has 2 heterocycles. The Bertz CT molecular complexity index is 1260. The lowest BCUT2D eigenvalue weighted by molar-refractivity contribution is 0.0672. The number of fused-ring (bicyclic) bond motifs is 1. The third kappa shape index (κ3) is 4.21. The number of carbonyl (C=O) groups is 3. The van der Waals surface area contributed by atoms with Crippen molar-refractivity contribution in [1.29, 1.82) is 0 Å². The number of nitrogens with one attached hydrogen (secondary N) is 1. The predicted octanol–water partition coefficient (Wildman–Crippen LogP) is 3.20. The molecule has 0 radical (unpaired) electrons. The van der Waals surface area contributed by atoms with E-state index in [0.717, 1.165) is 24.2 Å². The van der Waals surface area contributed by atoms with Crippen LogP contribution in [0.3, 0.4) is 0 Å². The van der Waals surface area contributed by atoms with Crippen LogP contribution in [0.2, 0.25) is 0 Å². The number of rotatable bonds is 6. The zero-order valence-corrected chi connectivity index (χ0v) is 19.2. The van der Waals surface area contributed by atoms with Crippen LogP contribution in [0.25, 0.3) is 0 Å². The molecule has 0 spiro atoms. The summed E-state index contributed by atoms with van der Waals surface area (Å²) in [5.41, 5.74) is 1.66. The van der Waals surface area contributed by atoms with E-state index in [1.165, 1.54) is 34.6 Å². The average Bonchev–Trinajstić information content (AvgIpc) is 3.05. The van der Waals surface area contributed by atoms with E-state index in [1.807, 2.05) is 0 Å². The zero-order chi connectivity index (χ0) is 23.8. The summed E-state index contributed by atoms with van der Waals surface area (Å²) in [6.07, 6.45) is 4.14. The molecule has 4 rings (SSSR count). The maximum atomic E-state index is 13.0. The van der Waals surface area contributed by atoms with Crippen LogP contribution < -0.4 is 5.32 Å². The summed E-state index contributed by atoms with van der Waals surface area (Å²) < 4.78 is 27.5. The molecule has 0 atom stereocenters. The van der Waals surface area contributed by atoms with Crippen molar-refractivity contribution in [3.63, 3.8) is 0 Å². The number of aryl methyl sites for hydroxylation is 1. The van der Waals surface area contributed by atoms with E-state index in [2.05, 4.69) is 11.9 Å². The summed E-state index contributed by atoms with van der Waals surface area (Å²) in [5, 5.41) is 2.75. The Morgan fingerprint density at radius 3 is 2.42 bits per heavy atom. The fourth-order valence-electron chi connectivity index (χ4n) is 4.07. The smallest absolute Gasteiger partial charge is 0.261 e. The molecular formula is C24H25N3O5S. The van der Waals surface area contributed by atoms with E-state index >= 15 is 0 Å². The molecule has 2 aromatic rings. The highest BCUT2D eigenvalue weighted by atomic mass is 32.2. The Morgan fingerprint density at radius 1 is 1.03 bits per heavy atom. The van der Waals surface area contributed by atoms with Gasteiger partial charge in [0.1, 0.15) is 0 Å². The van der Waals surface area contributed by atoms with Gasteiger partial charge in [0.25, 0.3) is 17.7 Å². The molecule has 33 heavy (non-hydrogen) atoms. The molecular weight excluding hydrogens is 442 g/mol. The van der Waals surface area contributed by atoms with Gasteiger partial charge >= 0.3 is 0 Å². The Balaban J connectivity index is 1.59. The molecule has 2 aliphatic rings. The summed E-state index contributed by atoms with van der Waals surface area (Å²) in [4.78, 5) is 39.0. The summed E-state index contributed by atoms with van der Waals surface area (Å²) in [5.74, 6) is -1.40. The molecule has 1 fully saturated rings. The molecule has 0 bridgehead atoms. The number of hydrogen-bond acceptors (Lipinski definition) is 5. The molecule has 0 aliphatic carbocycles. The third-order valence-corrected chi connectivity index (χ3v) is 7.85. The number of hydrogen-bond donors (Lipinski definition) is 1. The topological polar surface area (TPSA) is 104 Å². The first-order valence-electron chi connectivity index (χ1n) is 10.8. The Labute approximate surface area is 192 Å². The average molecular weight is 468 g/mol. The van der Waals surface area contributed by atoms with Gasteiger partial charge in [-0.25, -0.2) is 8.42 Å². The first-order valence-corrected chi connectivity index (χ1v) is 12.2. The standard InChI is InChI=1S/C24H25N3O5S/c1-3-11-27-23(29)19-10-8-17(14-20(19)24(27)30)22(28)25-21-15-18(9-7-16(21)2)33(31,32)26-12-5-4-6-13-26/h3,7-10,14-15H,1,4-6,11-13H2,2H3,(H,25,28). The minimum atomic E-state index is -3.65. The third-order valence-electron chi connectivity index (χ3n) is 5.95. The van der Waals surface area contributed by atoms with Crippen LogP contribution in [0.1, 0.15) is 55.9 Å². The number of piperidine rings is 1. The maximum Gasteiger partial charge on any atom is 0.261 e. The van der Waals surface area contributed by atoms with E-state index in [1.54, 1.807) is 19.1 Å². The van der Waals surface area contributed by atoms with Gasteiger partial charge in [-0.2, -0.15) is 4.31 Å². The number of amides is 3. The summed E-state index contributed by atoms with van der Waals surface area (Å²) in [7, 11) is -3.65. The second kappa shape index (κ2) is 8.92. The number of benzene rings is 2. The van der Waals surface area contributed by atoms with E-state index in [-0.39, 0.29) is 28.1 Å². The number of sulfonamides is 1. The van der Waals surface area contributed by atoms with Crippen molar-refractivity contribution in [3.05, 3.63) is 71.3 Å². The molecule has 9 heteroatoms. The first kappa shape index (κ1) is 22.9. The van der Waals surface area contributed by atoms with Crippen molar-refractivity contribution in [2.24, 2.45) is 0 Å². The van der Waals surface area contributed by atoms with Crippen LogP contribution in [0.15, 0.2) is 53.9 Å². The molecule has 8 nitrogen and oxygen atoms in total. The van der Waals surface area contributed by atoms with E-state index < -0.39 is 27.7 Å². The molecule has 0 saturated carbocycles. The molecule has 0 unspecified atom stereocenters. The fraction of sp³-hybridized carbons (Fsp3) is 0.292. The van der Waals surface area contributed by atoms with Gasteiger partial charge in [0.2, 0.25) is 10.0 Å². The normalized spacial score (nSPS) is 16.6. The van der Waals surface area contributed by atoms with Crippen LogP contribution in [0, 0.1) is 6.92 Å². The van der Waals surface area contributed by atoms with E-state index in [0.29, 0.717) is 24.3 Å². The number of nitrogens with zero attached hydrogens (tertiary/aromatic N) is 2. The molecule has 2 aromatic carbocycles. The molecule has 1 N–H and O–H groups in total. The van der Waals surface area contributed by atoms with Crippen LogP contribution in [-0.2, 0) is 10.0 Å². The summed E-state index contributed by atoms with van der Waals surface area (Å²) in [6, 6.07) is 8.98. The van der Waals surface area contributed by atoms with Crippen molar-refractivity contribution >= 4 is 33.4 Å². The van der Waals surface area contributed by atoms with Gasteiger partial charge in [-0.1, -0.05) is 18.6 Å². The zero-order valence-electron chi connectivity index (χ0n) is 18.3. The summed E-state index contributed by atoms with van der Waals surface area (Å²) in [6.45, 7) is 6.39. The van der Waals surface area contributed by atoms with Crippen molar-refractivity contribution in [2.45, 2.75) is 31.1 Å². The number of carbonyl (C=O) groups excluding carboxylic acids is 3. The highest BCUT2D eigenvalue weighted by Crippen LogP contribution is 2.27. The predicted molar refractivity (Wildman–Crippen MR) is 124 cm³/mol. The van der Waals surface area contributed by atoms with Crippen molar-refractivity contribution in [2.75, 3.05) is 25.0 Å². The lowest BCUT2D eigenvalue weighted by Gasteiger charge is -2.26. The molecule has 1 saturated heterocycles. The molecule has 0 aromatic heterocycles. The fourth-order valence-corrected chi connectivity index (χ4v) is 5.62. The second-order valence-electron chi connectivity index (χ2n) is 8.17. The van der Waals surface area contributed by atoms with Crippen LogP contribution in [0.4, 0.5) is 5.69 Å². The molecule has 3 amide bonds. The van der Waals surface area contributed by atoms with E-state index in [4.69, 9.17) is 0 Å². The van der Waals surface area contributed by atoms with Crippen molar-refractivity contribution in [1.82, 2.24) is 9.21 Å². The Hall–Kier alpha value is -3.30. The van der Waals surface area contributed by atoms with Gasteiger partial charge in [0, 0.05) is 30.9 Å². The van der Waals surface area contributed by atoms with Gasteiger partial charge in [0.05, 0.1) is 16.0 Å². The minimum absolute atomic E-state index is 0.0886. The van der Waals surface area contributed by atoms with Crippen molar-refractivity contribution < 1.29 is 22.8 Å². The van der Waals surface area contributed by atoms with Gasteiger partial charge in [0.15, 0.2) is 0 Å². The lowest BCUT2D eigenvalue weighted by atomic mass is 10.0. The van der Waals surface area contributed by atoms with Gasteiger partial charge < -0.3 is 5.32 Å². The first-order chi connectivity index (χ1) is 15.7. The lowest BCUT2D eigenvalue weighted by Crippen LogP contribution is -2.35. The Kier molecular flexibility index (Phi) is 6.18. The quantitative estimate of drug-likeness (QED) is 0.519. The molecule has 2 aliphatic heterocycles. The number of anilines is 1. The highest BCUT2D eigenvalue weighted by Gasteiger charge is 2.35. The molecule has 172 valence electrons. The maximum absolute atomic E-state index is 13.0. The van der Waals surface area contributed by atoms with Crippen LogP contribution in [0.5, 0.6) is 0 Å². The number of imide groups is 1. The SMILES string of the molecule is C=CCN1C(=O)c2ccc(C(=O)Nc3cc(S(=O)(=O)N4CCCCC4)ccc3C)cc2C1=O. The summed E-state index contributed by atoms with van der Waals surface area (Å²) >= 11 is 0. The second-order valence-corrected chi connectivity index (χ2v) is 10.1. The van der Waals surface area contributed by atoms with Crippen molar-refractivity contribution in [3.8, 4) is 0 Å². The Morgan fingerprint density at radius 2 is 1.73 bits per heavy atom. The van der Waals surface area contributed by atoms with Gasteiger partial charge in [-0.05, 0) is 55.7 Å². The van der Waals surface area contributed by atoms with Crippen LogP contribution >= 0.6 is 0 Å². The van der Waals surface area contributed by atoms with Gasteiger partial charge in [-0.15, -0.1) is 6.58 Å². The van der Waals surface area contributed by atoms with Gasteiger partial charge in [-0.3, -0.25) is 19.3 Å².